The normalized spacial score (nSPS) is 11.7. The van der Waals surface area contributed by atoms with Gasteiger partial charge >= 0.3 is 6.61 Å². The monoisotopic (exact) mass is 331 g/mol. The van der Waals surface area contributed by atoms with Crippen molar-refractivity contribution in [3.63, 3.8) is 0 Å². The quantitative estimate of drug-likeness (QED) is 0.913. The fourth-order valence-electron chi connectivity index (χ4n) is 1.87. The Morgan fingerprint density at radius 2 is 2.00 bits per heavy atom. The van der Waals surface area contributed by atoms with Gasteiger partial charge in [-0.15, -0.1) is 0 Å². The van der Waals surface area contributed by atoms with Gasteiger partial charge < -0.3 is 4.74 Å². The van der Waals surface area contributed by atoms with Crippen molar-refractivity contribution in [1.82, 2.24) is 9.78 Å². The molecule has 2 rings (SSSR count). The van der Waals surface area contributed by atoms with Crippen LogP contribution < -0.4 is 9.46 Å². The Balaban J connectivity index is 2.28. The number of nitrogens with one attached hydrogen (secondary N) is 1. The lowest BCUT2D eigenvalue weighted by molar-refractivity contribution is -0.0498. The number of anilines is 1. The molecule has 0 unspecified atom stereocenters. The molecule has 1 aromatic carbocycles. The smallest absolute Gasteiger partial charge is 0.387 e. The lowest BCUT2D eigenvalue weighted by Gasteiger charge is -2.12. The van der Waals surface area contributed by atoms with Crippen LogP contribution in [-0.4, -0.2) is 24.8 Å². The van der Waals surface area contributed by atoms with Gasteiger partial charge in [-0.05, 0) is 37.6 Å². The Bertz CT molecular complexity index is 788. The first-order chi connectivity index (χ1) is 10.2. The Hall–Kier alpha value is -2.16. The second kappa shape index (κ2) is 5.91. The predicted molar refractivity (Wildman–Crippen MR) is 76.6 cm³/mol. The van der Waals surface area contributed by atoms with Crippen molar-refractivity contribution < 1.29 is 21.9 Å². The van der Waals surface area contributed by atoms with Gasteiger partial charge in [0.15, 0.2) is 0 Å². The van der Waals surface area contributed by atoms with Crippen molar-refractivity contribution in [2.24, 2.45) is 7.05 Å². The summed E-state index contributed by atoms with van der Waals surface area (Å²) < 4.78 is 57.1. The highest BCUT2D eigenvalue weighted by molar-refractivity contribution is 7.92. The van der Waals surface area contributed by atoms with Crippen LogP contribution in [0.2, 0.25) is 0 Å². The largest absolute Gasteiger partial charge is 0.435 e. The number of ether oxygens (including phenoxy) is 1. The van der Waals surface area contributed by atoms with Crippen molar-refractivity contribution in [3.8, 4) is 5.75 Å². The number of nitrogens with zero attached hydrogens (tertiary/aromatic N) is 2. The molecule has 0 atom stereocenters. The third-order valence-electron chi connectivity index (χ3n) is 3.15. The maximum Gasteiger partial charge on any atom is 0.387 e. The molecule has 0 fully saturated rings. The Morgan fingerprint density at radius 1 is 1.32 bits per heavy atom. The molecule has 1 aromatic heterocycles. The number of hydrogen-bond acceptors (Lipinski definition) is 4. The van der Waals surface area contributed by atoms with E-state index in [1.54, 1.807) is 20.9 Å². The third kappa shape index (κ3) is 3.35. The number of aryl methyl sites for hydroxylation is 2. The molecule has 2 aromatic rings. The first-order valence-electron chi connectivity index (χ1n) is 6.27. The van der Waals surface area contributed by atoms with Crippen molar-refractivity contribution in [2.75, 3.05) is 4.72 Å². The Morgan fingerprint density at radius 3 is 2.50 bits per heavy atom. The highest BCUT2D eigenvalue weighted by Crippen LogP contribution is 2.25. The first kappa shape index (κ1) is 16.2. The average molecular weight is 331 g/mol. The molecule has 0 spiro atoms. The molecule has 6 nitrogen and oxygen atoms in total. The van der Waals surface area contributed by atoms with Crippen LogP contribution in [0, 0.1) is 13.8 Å². The van der Waals surface area contributed by atoms with E-state index >= 15 is 0 Å². The molecule has 1 N–H and O–H groups in total. The minimum absolute atomic E-state index is 0.0343. The van der Waals surface area contributed by atoms with Crippen LogP contribution in [0.5, 0.6) is 5.75 Å². The summed E-state index contributed by atoms with van der Waals surface area (Å²) in [7, 11) is -2.17. The molecule has 0 radical (unpaired) electrons. The standard InChI is InChI=1S/C13H15F2N3O3S/c1-8-6-10(21-13(14)15)4-5-11(8)17-22(19,20)12-7-16-18(3)9(12)2/h4-7,13,17H,1-3H3. The van der Waals surface area contributed by atoms with Crippen molar-refractivity contribution in [2.45, 2.75) is 25.4 Å². The minimum atomic E-state index is -3.80. The van der Waals surface area contributed by atoms with Crippen molar-refractivity contribution >= 4 is 15.7 Å². The predicted octanol–water partition coefficient (Wildman–Crippen LogP) is 2.44. The Labute approximate surface area is 126 Å². The van der Waals surface area contributed by atoms with Crippen LogP contribution >= 0.6 is 0 Å². The molecule has 0 amide bonds. The molecule has 0 aliphatic carbocycles. The van der Waals surface area contributed by atoms with Crippen molar-refractivity contribution in [1.29, 1.82) is 0 Å². The van der Waals surface area contributed by atoms with E-state index in [1.807, 2.05) is 0 Å². The van der Waals surface area contributed by atoms with Gasteiger partial charge in [-0.25, -0.2) is 8.42 Å². The lowest BCUT2D eigenvalue weighted by atomic mass is 10.2. The van der Waals surface area contributed by atoms with Gasteiger partial charge in [0.05, 0.1) is 17.6 Å². The number of alkyl halides is 2. The molecular formula is C13H15F2N3O3S. The summed E-state index contributed by atoms with van der Waals surface area (Å²) in [4.78, 5) is 0.0577. The lowest BCUT2D eigenvalue weighted by Crippen LogP contribution is -2.14. The van der Waals surface area contributed by atoms with Gasteiger partial charge in [0.1, 0.15) is 10.6 Å². The number of benzene rings is 1. The SMILES string of the molecule is Cc1cc(OC(F)F)ccc1NS(=O)(=O)c1cnn(C)c1C. The van der Waals surface area contributed by atoms with E-state index < -0.39 is 16.6 Å². The summed E-state index contributed by atoms with van der Waals surface area (Å²) in [6, 6.07) is 3.98. The zero-order valence-electron chi connectivity index (χ0n) is 12.2. The van der Waals surface area contributed by atoms with Gasteiger partial charge in [0.2, 0.25) is 0 Å². The molecular weight excluding hydrogens is 316 g/mol. The van der Waals surface area contributed by atoms with Crippen LogP contribution in [0.1, 0.15) is 11.3 Å². The molecule has 0 aliphatic rings. The summed E-state index contributed by atoms with van der Waals surface area (Å²) in [5.74, 6) is -0.0343. The molecule has 0 aliphatic heterocycles. The summed E-state index contributed by atoms with van der Waals surface area (Å²) in [6.45, 7) is 0.292. The molecule has 0 bridgehead atoms. The number of sulfonamides is 1. The van der Waals surface area contributed by atoms with Gasteiger partial charge in [-0.2, -0.15) is 13.9 Å². The highest BCUT2D eigenvalue weighted by Gasteiger charge is 2.21. The van der Waals surface area contributed by atoms with Crippen molar-refractivity contribution in [3.05, 3.63) is 35.7 Å². The molecule has 0 saturated carbocycles. The minimum Gasteiger partial charge on any atom is -0.435 e. The van der Waals surface area contributed by atoms with E-state index in [9.17, 15) is 17.2 Å². The number of aromatic nitrogens is 2. The third-order valence-corrected chi connectivity index (χ3v) is 4.62. The van der Waals surface area contributed by atoms with Crippen LogP contribution in [0.3, 0.4) is 0 Å². The maximum atomic E-state index is 12.3. The van der Waals surface area contributed by atoms with E-state index in [0.717, 1.165) is 0 Å². The fraction of sp³-hybridized carbons (Fsp3) is 0.308. The van der Waals surface area contributed by atoms with Gasteiger partial charge in [-0.3, -0.25) is 9.40 Å². The number of rotatable bonds is 5. The summed E-state index contributed by atoms with van der Waals surface area (Å²) >= 11 is 0. The maximum absolute atomic E-state index is 12.3. The van der Waals surface area contributed by atoms with Crippen LogP contribution in [0.15, 0.2) is 29.3 Å². The van der Waals surface area contributed by atoms with E-state index in [2.05, 4.69) is 14.6 Å². The number of halogens is 2. The molecule has 1 heterocycles. The van der Waals surface area contributed by atoms with E-state index in [4.69, 9.17) is 0 Å². The molecule has 9 heteroatoms. The Kier molecular flexibility index (Phi) is 4.36. The summed E-state index contributed by atoms with van der Waals surface area (Å²) in [5, 5.41) is 3.89. The van der Waals surface area contributed by atoms with Gasteiger partial charge in [-0.1, -0.05) is 0 Å². The summed E-state index contributed by atoms with van der Waals surface area (Å²) in [6.07, 6.45) is 1.25. The second-order valence-electron chi connectivity index (χ2n) is 4.68. The zero-order valence-corrected chi connectivity index (χ0v) is 13.0. The highest BCUT2D eigenvalue weighted by atomic mass is 32.2. The van der Waals surface area contributed by atoms with Crippen LogP contribution in [0.25, 0.3) is 0 Å². The van der Waals surface area contributed by atoms with E-state index in [1.165, 1.54) is 29.1 Å². The molecule has 120 valence electrons. The number of hydrogen-bond donors (Lipinski definition) is 1. The topological polar surface area (TPSA) is 73.2 Å². The molecule has 0 saturated heterocycles. The van der Waals surface area contributed by atoms with Gasteiger partial charge in [0, 0.05) is 7.05 Å². The van der Waals surface area contributed by atoms with E-state index in [0.29, 0.717) is 11.3 Å². The van der Waals surface area contributed by atoms with E-state index in [-0.39, 0.29) is 16.3 Å². The molecule has 22 heavy (non-hydrogen) atoms. The van der Waals surface area contributed by atoms with Gasteiger partial charge in [0.25, 0.3) is 10.0 Å². The average Bonchev–Trinajstić information content (AvgIpc) is 2.73. The fourth-order valence-corrected chi connectivity index (χ4v) is 3.20. The summed E-state index contributed by atoms with van der Waals surface area (Å²) in [5.41, 5.74) is 1.23. The van der Waals surface area contributed by atoms with Crippen LogP contribution in [0.4, 0.5) is 14.5 Å². The first-order valence-corrected chi connectivity index (χ1v) is 7.76. The van der Waals surface area contributed by atoms with Crippen LogP contribution in [-0.2, 0) is 17.1 Å². The zero-order chi connectivity index (χ0) is 16.5. The second-order valence-corrected chi connectivity index (χ2v) is 6.33.